The number of carbonyl (C=O) groups is 1. The van der Waals surface area contributed by atoms with Crippen molar-refractivity contribution in [2.24, 2.45) is 5.92 Å². The molecule has 2 aromatic heterocycles. The number of piperidine rings is 1. The van der Waals surface area contributed by atoms with Gasteiger partial charge in [0.15, 0.2) is 11.5 Å². The highest BCUT2D eigenvalue weighted by atomic mass is 16.5. The Bertz CT molecular complexity index is 1300. The summed E-state index contributed by atoms with van der Waals surface area (Å²) in [5, 5.41) is 17.8. The van der Waals surface area contributed by atoms with Gasteiger partial charge in [0.25, 0.3) is 5.89 Å². The van der Waals surface area contributed by atoms with Crippen LogP contribution in [0.25, 0.3) is 34.3 Å². The zero-order valence-corrected chi connectivity index (χ0v) is 20.4. The smallest absolute Gasteiger partial charge is 0.307 e. The first-order chi connectivity index (χ1) is 17.6. The lowest BCUT2D eigenvalue weighted by molar-refractivity contribution is -0.143. The third-order valence-corrected chi connectivity index (χ3v) is 6.74. The minimum Gasteiger partial charge on any atom is -0.481 e. The van der Waals surface area contributed by atoms with Gasteiger partial charge in [0, 0.05) is 29.8 Å². The molecule has 0 aliphatic carbocycles. The Labute approximate surface area is 209 Å². The Morgan fingerprint density at radius 2 is 1.83 bits per heavy atom. The molecule has 1 aliphatic heterocycles. The van der Waals surface area contributed by atoms with E-state index in [9.17, 15) is 9.90 Å². The van der Waals surface area contributed by atoms with Crippen LogP contribution in [0.3, 0.4) is 0 Å². The highest BCUT2D eigenvalue weighted by Crippen LogP contribution is 2.33. The number of carboxylic acids is 1. The fourth-order valence-corrected chi connectivity index (χ4v) is 4.78. The summed E-state index contributed by atoms with van der Waals surface area (Å²) in [6.45, 7) is 4.56. The fourth-order valence-electron chi connectivity index (χ4n) is 4.78. The molecule has 36 heavy (non-hydrogen) atoms. The van der Waals surface area contributed by atoms with Gasteiger partial charge < -0.3 is 19.1 Å². The normalized spacial score (nSPS) is 16.3. The van der Waals surface area contributed by atoms with Crippen LogP contribution >= 0.6 is 0 Å². The van der Waals surface area contributed by atoms with Crippen LogP contribution in [-0.4, -0.2) is 50.9 Å². The van der Waals surface area contributed by atoms with Crippen LogP contribution in [0, 0.1) is 5.92 Å². The van der Waals surface area contributed by atoms with Crippen molar-refractivity contribution in [3.63, 3.8) is 0 Å². The molecule has 186 valence electrons. The number of nitrogens with zero attached hydrogens (tertiary/aromatic N) is 4. The monoisotopic (exact) mass is 486 g/mol. The van der Waals surface area contributed by atoms with Crippen molar-refractivity contribution < 1.29 is 18.9 Å². The number of carboxylic acid groups (broad SMARTS) is 1. The van der Waals surface area contributed by atoms with E-state index < -0.39 is 5.97 Å². The molecule has 0 bridgehead atoms. The highest BCUT2D eigenvalue weighted by Gasteiger charge is 2.25. The lowest BCUT2D eigenvalue weighted by atomic mass is 9.98. The van der Waals surface area contributed by atoms with Gasteiger partial charge in [0.05, 0.1) is 5.92 Å². The van der Waals surface area contributed by atoms with E-state index in [-0.39, 0.29) is 5.92 Å². The molecule has 0 saturated carbocycles. The summed E-state index contributed by atoms with van der Waals surface area (Å²) in [5.41, 5.74) is 4.58. The Kier molecular flexibility index (Phi) is 7.23. The van der Waals surface area contributed by atoms with E-state index in [1.54, 1.807) is 0 Å². The van der Waals surface area contributed by atoms with Crippen molar-refractivity contribution in [1.29, 1.82) is 0 Å². The first-order valence-corrected chi connectivity index (χ1v) is 12.5. The van der Waals surface area contributed by atoms with E-state index in [4.69, 9.17) is 9.05 Å². The predicted octanol–water partition coefficient (Wildman–Crippen LogP) is 5.35. The molecule has 0 amide bonds. The molecule has 0 radical (unpaired) electrons. The van der Waals surface area contributed by atoms with Gasteiger partial charge in [-0.1, -0.05) is 78.3 Å². The van der Waals surface area contributed by atoms with E-state index in [2.05, 4.69) is 39.3 Å². The first kappa shape index (κ1) is 23.9. The number of benzene rings is 2. The van der Waals surface area contributed by atoms with Crippen LogP contribution < -0.4 is 0 Å². The van der Waals surface area contributed by atoms with Gasteiger partial charge in [0.2, 0.25) is 5.82 Å². The summed E-state index contributed by atoms with van der Waals surface area (Å²) in [6.07, 6.45) is 4.31. The Morgan fingerprint density at radius 3 is 2.58 bits per heavy atom. The average molecular weight is 487 g/mol. The first-order valence-electron chi connectivity index (χ1n) is 12.5. The van der Waals surface area contributed by atoms with Crippen molar-refractivity contribution in [3.8, 4) is 34.3 Å². The van der Waals surface area contributed by atoms with Crippen molar-refractivity contribution >= 4 is 5.97 Å². The summed E-state index contributed by atoms with van der Waals surface area (Å²) < 4.78 is 11.3. The summed E-state index contributed by atoms with van der Waals surface area (Å²) in [7, 11) is 0. The quantitative estimate of drug-likeness (QED) is 0.337. The van der Waals surface area contributed by atoms with Gasteiger partial charge in [0.1, 0.15) is 0 Å². The van der Waals surface area contributed by atoms with Gasteiger partial charge in [-0.05, 0) is 37.8 Å². The van der Waals surface area contributed by atoms with E-state index in [0.717, 1.165) is 67.6 Å². The maximum Gasteiger partial charge on any atom is 0.307 e. The predicted molar refractivity (Wildman–Crippen MR) is 135 cm³/mol. The van der Waals surface area contributed by atoms with E-state index in [0.29, 0.717) is 24.0 Å². The van der Waals surface area contributed by atoms with Crippen molar-refractivity contribution in [2.75, 3.05) is 19.6 Å². The van der Waals surface area contributed by atoms with E-state index in [1.165, 1.54) is 5.56 Å². The maximum absolute atomic E-state index is 11.3. The molecule has 1 unspecified atom stereocenters. The Morgan fingerprint density at radius 1 is 1.03 bits per heavy atom. The highest BCUT2D eigenvalue weighted by molar-refractivity contribution is 5.70. The van der Waals surface area contributed by atoms with Gasteiger partial charge in [-0.25, -0.2) is 0 Å². The van der Waals surface area contributed by atoms with Crippen molar-refractivity contribution in [3.05, 3.63) is 65.7 Å². The van der Waals surface area contributed by atoms with Crippen molar-refractivity contribution in [2.45, 2.75) is 39.0 Å². The van der Waals surface area contributed by atoms with Crippen LogP contribution in [0.15, 0.2) is 63.6 Å². The number of aliphatic carboxylic acids is 1. The molecule has 8 heteroatoms. The molecule has 1 aliphatic rings. The average Bonchev–Trinajstić information content (AvgIpc) is 3.56. The molecule has 4 aromatic rings. The standard InChI is InChI=1S/C28H30N4O4/c1-2-7-23-24(30-35-25(23)20-8-4-3-5-9-20)27-29-26(31-36-27)21-13-11-19(12-14-21)15-17-32-16-6-10-22(18-32)28(33)34/h3-5,8-9,11-14,22H,2,6-7,10,15-18H2,1H3,(H,33,34). The van der Waals surface area contributed by atoms with Crippen LogP contribution in [0.4, 0.5) is 0 Å². The minimum atomic E-state index is -0.688. The zero-order chi connectivity index (χ0) is 24.9. The molecule has 8 nitrogen and oxygen atoms in total. The topological polar surface area (TPSA) is 105 Å². The van der Waals surface area contributed by atoms with Crippen LogP contribution in [0.2, 0.25) is 0 Å². The Balaban J connectivity index is 1.28. The summed E-state index contributed by atoms with van der Waals surface area (Å²) in [4.78, 5) is 18.2. The second-order valence-corrected chi connectivity index (χ2v) is 9.30. The molecular weight excluding hydrogens is 456 g/mol. The second-order valence-electron chi connectivity index (χ2n) is 9.30. The fraction of sp³-hybridized carbons (Fsp3) is 0.357. The van der Waals surface area contributed by atoms with Crippen molar-refractivity contribution in [1.82, 2.24) is 20.2 Å². The summed E-state index contributed by atoms with van der Waals surface area (Å²) in [6, 6.07) is 18.0. The third kappa shape index (κ3) is 5.23. The molecular formula is C28H30N4O4. The molecule has 2 aromatic carbocycles. The molecule has 3 heterocycles. The SMILES string of the molecule is CCCc1c(-c2nc(-c3ccc(CCN4CCCC(C(=O)O)C4)cc3)no2)noc1-c1ccccc1. The van der Waals surface area contributed by atoms with E-state index in [1.807, 2.05) is 42.5 Å². The van der Waals surface area contributed by atoms with Crippen LogP contribution in [-0.2, 0) is 17.6 Å². The largest absolute Gasteiger partial charge is 0.481 e. The summed E-state index contributed by atoms with van der Waals surface area (Å²) >= 11 is 0. The number of aromatic nitrogens is 3. The molecule has 5 rings (SSSR count). The minimum absolute atomic E-state index is 0.250. The second kappa shape index (κ2) is 10.9. The molecule has 0 spiro atoms. The number of hydrogen-bond acceptors (Lipinski definition) is 7. The lowest BCUT2D eigenvalue weighted by Crippen LogP contribution is -2.39. The zero-order valence-electron chi connectivity index (χ0n) is 20.4. The third-order valence-electron chi connectivity index (χ3n) is 6.74. The lowest BCUT2D eigenvalue weighted by Gasteiger charge is -2.30. The van der Waals surface area contributed by atoms with Crippen LogP contribution in [0.1, 0.15) is 37.3 Å². The number of hydrogen-bond donors (Lipinski definition) is 1. The maximum atomic E-state index is 11.3. The summed E-state index contributed by atoms with van der Waals surface area (Å²) in [5.74, 6) is 0.650. The molecule has 1 atom stereocenters. The Hall–Kier alpha value is -3.78. The molecule has 1 saturated heterocycles. The number of rotatable bonds is 9. The molecule has 1 fully saturated rings. The van der Waals surface area contributed by atoms with Gasteiger partial charge in [-0.2, -0.15) is 4.98 Å². The molecule has 1 N–H and O–H groups in total. The van der Waals surface area contributed by atoms with Gasteiger partial charge in [-0.3, -0.25) is 4.79 Å². The van der Waals surface area contributed by atoms with E-state index >= 15 is 0 Å². The van der Waals surface area contributed by atoms with Gasteiger partial charge >= 0.3 is 5.97 Å². The number of likely N-dealkylation sites (tertiary alicyclic amines) is 1. The van der Waals surface area contributed by atoms with Crippen LogP contribution in [0.5, 0.6) is 0 Å². The van der Waals surface area contributed by atoms with Gasteiger partial charge in [-0.15, -0.1) is 0 Å².